The van der Waals surface area contributed by atoms with Gasteiger partial charge in [-0.3, -0.25) is 0 Å². The van der Waals surface area contributed by atoms with Gasteiger partial charge in [-0.15, -0.1) is 0 Å². The van der Waals surface area contributed by atoms with E-state index >= 15 is 0 Å². The molecule has 2 rings (SSSR count). The molecule has 0 saturated heterocycles. The van der Waals surface area contributed by atoms with Crippen molar-refractivity contribution >= 4 is 0 Å². The van der Waals surface area contributed by atoms with Crippen molar-refractivity contribution in [1.29, 1.82) is 0 Å². The molecule has 0 saturated carbocycles. The molecule has 1 unspecified atom stereocenters. The highest BCUT2D eigenvalue weighted by Crippen LogP contribution is 2.29. The highest BCUT2D eigenvalue weighted by molar-refractivity contribution is 5.42. The van der Waals surface area contributed by atoms with Crippen LogP contribution in [-0.4, -0.2) is 14.2 Å². The van der Waals surface area contributed by atoms with Crippen LogP contribution in [-0.2, 0) is 13.0 Å². The van der Waals surface area contributed by atoms with Crippen LogP contribution in [0.25, 0.3) is 0 Å². The zero-order valence-electron chi connectivity index (χ0n) is 13.1. The number of ether oxygens (including phenoxy) is 2. The van der Waals surface area contributed by atoms with Crippen LogP contribution in [0.1, 0.15) is 37.0 Å². The molecule has 4 heteroatoms. The summed E-state index contributed by atoms with van der Waals surface area (Å²) in [5.74, 6) is 3.58. The third kappa shape index (κ3) is 3.79. The topological polar surface area (TPSA) is 43.6 Å². The number of nitrogens with one attached hydrogen (secondary N) is 1. The monoisotopic (exact) mass is 289 g/mol. The molecule has 1 N–H and O–H groups in total. The smallest absolute Gasteiger partial charge is 0.127 e. The van der Waals surface area contributed by atoms with Crippen LogP contribution in [0, 0.1) is 0 Å². The Morgan fingerprint density at radius 2 is 1.86 bits per heavy atom. The average Bonchev–Trinajstić information content (AvgIpc) is 3.00. The molecule has 2 aromatic rings. The molecule has 0 aliphatic rings. The minimum absolute atomic E-state index is 0.154. The Morgan fingerprint density at radius 1 is 1.10 bits per heavy atom. The highest BCUT2D eigenvalue weighted by Gasteiger charge is 2.12. The van der Waals surface area contributed by atoms with Gasteiger partial charge in [-0.1, -0.05) is 13.0 Å². The lowest BCUT2D eigenvalue weighted by molar-refractivity contribution is 0.382. The van der Waals surface area contributed by atoms with Crippen molar-refractivity contribution in [3.63, 3.8) is 0 Å². The van der Waals surface area contributed by atoms with E-state index in [9.17, 15) is 0 Å². The second kappa shape index (κ2) is 7.18. The van der Waals surface area contributed by atoms with E-state index in [2.05, 4.69) is 19.2 Å². The first-order valence-electron chi connectivity index (χ1n) is 7.20. The Labute approximate surface area is 126 Å². The van der Waals surface area contributed by atoms with E-state index in [4.69, 9.17) is 13.9 Å². The van der Waals surface area contributed by atoms with E-state index in [0.717, 1.165) is 35.0 Å². The van der Waals surface area contributed by atoms with Gasteiger partial charge >= 0.3 is 0 Å². The minimum atomic E-state index is 0.154. The lowest BCUT2D eigenvalue weighted by Gasteiger charge is -2.17. The third-order valence-electron chi connectivity index (χ3n) is 3.56. The highest BCUT2D eigenvalue weighted by atomic mass is 16.5. The van der Waals surface area contributed by atoms with E-state index in [1.165, 1.54) is 0 Å². The van der Waals surface area contributed by atoms with E-state index < -0.39 is 0 Å². The summed E-state index contributed by atoms with van der Waals surface area (Å²) in [6.07, 6.45) is 0.919. The Balaban J connectivity index is 2.04. The van der Waals surface area contributed by atoms with Crippen LogP contribution in [0.3, 0.4) is 0 Å². The van der Waals surface area contributed by atoms with Crippen LogP contribution in [0.4, 0.5) is 0 Å². The predicted octanol–water partition coefficient (Wildman–Crippen LogP) is 3.71. The van der Waals surface area contributed by atoms with Crippen molar-refractivity contribution in [3.05, 3.63) is 47.4 Å². The molecule has 4 nitrogen and oxygen atoms in total. The summed E-state index contributed by atoms with van der Waals surface area (Å²) in [4.78, 5) is 0. The van der Waals surface area contributed by atoms with Crippen LogP contribution in [0.2, 0.25) is 0 Å². The van der Waals surface area contributed by atoms with Gasteiger partial charge in [0, 0.05) is 24.1 Å². The second-order valence-corrected chi connectivity index (χ2v) is 4.93. The summed E-state index contributed by atoms with van der Waals surface area (Å²) in [6, 6.07) is 10.1. The van der Waals surface area contributed by atoms with Crippen molar-refractivity contribution in [1.82, 2.24) is 5.32 Å². The summed E-state index contributed by atoms with van der Waals surface area (Å²) in [7, 11) is 3.32. The fourth-order valence-corrected chi connectivity index (χ4v) is 2.25. The molecule has 21 heavy (non-hydrogen) atoms. The Hall–Kier alpha value is -1.94. The van der Waals surface area contributed by atoms with Crippen molar-refractivity contribution in [2.45, 2.75) is 32.9 Å². The van der Waals surface area contributed by atoms with Crippen LogP contribution < -0.4 is 14.8 Å². The Kier molecular flexibility index (Phi) is 5.28. The zero-order chi connectivity index (χ0) is 15.2. The Bertz CT molecular complexity index is 577. The molecular weight excluding hydrogens is 266 g/mol. The maximum atomic E-state index is 5.70. The summed E-state index contributed by atoms with van der Waals surface area (Å²) in [5, 5.41) is 3.45. The molecule has 114 valence electrons. The Morgan fingerprint density at radius 3 is 2.48 bits per heavy atom. The first-order valence-corrected chi connectivity index (χ1v) is 7.20. The van der Waals surface area contributed by atoms with Gasteiger partial charge in [0.1, 0.15) is 23.0 Å². The van der Waals surface area contributed by atoms with Gasteiger partial charge in [-0.25, -0.2) is 0 Å². The number of benzene rings is 1. The number of rotatable bonds is 7. The molecule has 1 atom stereocenters. The number of aryl methyl sites for hydroxylation is 1. The van der Waals surface area contributed by atoms with Crippen molar-refractivity contribution in [2.24, 2.45) is 0 Å². The number of hydrogen-bond acceptors (Lipinski definition) is 4. The maximum absolute atomic E-state index is 5.70. The second-order valence-electron chi connectivity index (χ2n) is 4.93. The van der Waals surface area contributed by atoms with E-state index in [-0.39, 0.29) is 6.04 Å². The van der Waals surface area contributed by atoms with Crippen LogP contribution >= 0.6 is 0 Å². The van der Waals surface area contributed by atoms with Crippen LogP contribution in [0.5, 0.6) is 11.5 Å². The van der Waals surface area contributed by atoms with E-state index in [1.807, 2.05) is 30.3 Å². The number of furan rings is 1. The molecule has 0 radical (unpaired) electrons. The van der Waals surface area contributed by atoms with Gasteiger partial charge < -0.3 is 19.2 Å². The zero-order valence-corrected chi connectivity index (χ0v) is 13.1. The van der Waals surface area contributed by atoms with Crippen molar-refractivity contribution < 1.29 is 13.9 Å². The number of hydrogen-bond donors (Lipinski definition) is 1. The fraction of sp³-hybridized carbons (Fsp3) is 0.412. The van der Waals surface area contributed by atoms with Gasteiger partial charge in [0.05, 0.1) is 20.8 Å². The normalized spacial score (nSPS) is 12.2. The standard InChI is InChI=1S/C17H23NO3/c1-5-13-6-7-15(21-13)11-18-12(2)16-9-8-14(19-3)10-17(16)20-4/h6-10,12,18H,5,11H2,1-4H3. The van der Waals surface area contributed by atoms with Crippen LogP contribution in [0.15, 0.2) is 34.7 Å². The molecule has 0 bridgehead atoms. The largest absolute Gasteiger partial charge is 0.497 e. The number of methoxy groups -OCH3 is 2. The molecule has 0 amide bonds. The molecule has 0 aliphatic heterocycles. The quantitative estimate of drug-likeness (QED) is 0.844. The maximum Gasteiger partial charge on any atom is 0.127 e. The molecule has 0 spiro atoms. The summed E-state index contributed by atoms with van der Waals surface area (Å²) in [5.41, 5.74) is 1.10. The molecular formula is C17H23NO3. The first kappa shape index (κ1) is 15.4. The molecule has 0 fully saturated rings. The summed E-state index contributed by atoms with van der Waals surface area (Å²) in [6.45, 7) is 4.88. The lowest BCUT2D eigenvalue weighted by Crippen LogP contribution is -2.18. The van der Waals surface area contributed by atoms with Gasteiger partial charge in [-0.2, -0.15) is 0 Å². The van der Waals surface area contributed by atoms with Gasteiger partial charge in [0.25, 0.3) is 0 Å². The average molecular weight is 289 g/mol. The van der Waals surface area contributed by atoms with Crippen molar-refractivity contribution in [2.75, 3.05) is 14.2 Å². The fourth-order valence-electron chi connectivity index (χ4n) is 2.25. The van der Waals surface area contributed by atoms with Gasteiger partial charge in [0.15, 0.2) is 0 Å². The molecule has 1 aromatic carbocycles. The van der Waals surface area contributed by atoms with E-state index in [0.29, 0.717) is 6.54 Å². The minimum Gasteiger partial charge on any atom is -0.497 e. The lowest BCUT2D eigenvalue weighted by atomic mass is 10.1. The first-order chi connectivity index (χ1) is 10.2. The van der Waals surface area contributed by atoms with Gasteiger partial charge in [0.2, 0.25) is 0 Å². The SMILES string of the molecule is CCc1ccc(CNC(C)c2ccc(OC)cc2OC)o1. The summed E-state index contributed by atoms with van der Waals surface area (Å²) >= 11 is 0. The van der Waals surface area contributed by atoms with Crippen molar-refractivity contribution in [3.8, 4) is 11.5 Å². The molecule has 1 aromatic heterocycles. The van der Waals surface area contributed by atoms with E-state index in [1.54, 1.807) is 14.2 Å². The third-order valence-corrected chi connectivity index (χ3v) is 3.56. The molecule has 0 aliphatic carbocycles. The van der Waals surface area contributed by atoms with Gasteiger partial charge in [-0.05, 0) is 25.1 Å². The molecule has 1 heterocycles. The predicted molar refractivity (Wildman–Crippen MR) is 82.9 cm³/mol. The summed E-state index contributed by atoms with van der Waals surface area (Å²) < 4.78 is 16.4.